The molecule has 0 fully saturated rings. The normalized spacial score (nSPS) is 11.1. The SMILES string of the molecule is COCCCNC(=O)CC(=O)N/N=C/c1cc(C)n(-c2cccc(Cl)c2Cl)c1C. The predicted molar refractivity (Wildman–Crippen MR) is 115 cm³/mol. The van der Waals surface area contributed by atoms with E-state index in [0.29, 0.717) is 29.6 Å². The van der Waals surface area contributed by atoms with E-state index in [4.69, 9.17) is 27.9 Å². The van der Waals surface area contributed by atoms with Crippen LogP contribution in [0.25, 0.3) is 5.69 Å². The third kappa shape index (κ3) is 6.32. The number of rotatable bonds is 9. The van der Waals surface area contributed by atoms with Crippen LogP contribution in [0.4, 0.5) is 0 Å². The molecule has 0 atom stereocenters. The van der Waals surface area contributed by atoms with Crippen molar-refractivity contribution in [1.82, 2.24) is 15.3 Å². The molecule has 2 amide bonds. The highest BCUT2D eigenvalue weighted by Crippen LogP contribution is 2.31. The van der Waals surface area contributed by atoms with Crippen molar-refractivity contribution in [2.75, 3.05) is 20.3 Å². The molecule has 0 aliphatic carbocycles. The van der Waals surface area contributed by atoms with Crippen LogP contribution < -0.4 is 10.7 Å². The van der Waals surface area contributed by atoms with Crippen LogP contribution in [0.1, 0.15) is 29.8 Å². The first-order chi connectivity index (χ1) is 13.8. The molecule has 2 aromatic rings. The van der Waals surface area contributed by atoms with Gasteiger partial charge in [0.25, 0.3) is 0 Å². The molecule has 2 rings (SSSR count). The topological polar surface area (TPSA) is 84.7 Å². The van der Waals surface area contributed by atoms with Crippen molar-refractivity contribution in [3.8, 4) is 5.69 Å². The van der Waals surface area contributed by atoms with Crippen molar-refractivity contribution in [1.29, 1.82) is 0 Å². The van der Waals surface area contributed by atoms with Gasteiger partial charge in [0.05, 0.1) is 21.9 Å². The number of hydrogen-bond acceptors (Lipinski definition) is 4. The van der Waals surface area contributed by atoms with E-state index in [1.807, 2.05) is 36.6 Å². The zero-order chi connectivity index (χ0) is 21.4. The molecule has 7 nitrogen and oxygen atoms in total. The summed E-state index contributed by atoms with van der Waals surface area (Å²) in [7, 11) is 1.59. The number of aryl methyl sites for hydroxylation is 1. The van der Waals surface area contributed by atoms with E-state index in [0.717, 1.165) is 22.6 Å². The monoisotopic (exact) mass is 438 g/mol. The molecule has 1 aromatic heterocycles. The number of ether oxygens (including phenoxy) is 1. The van der Waals surface area contributed by atoms with E-state index in [1.165, 1.54) is 6.21 Å². The van der Waals surface area contributed by atoms with Gasteiger partial charge in [-0.1, -0.05) is 29.3 Å². The van der Waals surface area contributed by atoms with Gasteiger partial charge in [0.1, 0.15) is 6.42 Å². The first-order valence-electron chi connectivity index (χ1n) is 9.06. The molecule has 0 bridgehead atoms. The maximum atomic E-state index is 11.8. The predicted octanol–water partition coefficient (Wildman–Crippen LogP) is 3.39. The Morgan fingerprint density at radius 1 is 1.24 bits per heavy atom. The highest BCUT2D eigenvalue weighted by molar-refractivity contribution is 6.43. The highest BCUT2D eigenvalue weighted by atomic mass is 35.5. The molecule has 156 valence electrons. The van der Waals surface area contributed by atoms with Crippen molar-refractivity contribution in [2.45, 2.75) is 26.7 Å². The van der Waals surface area contributed by atoms with Crippen molar-refractivity contribution >= 4 is 41.2 Å². The molecular formula is C20H24Cl2N4O3. The van der Waals surface area contributed by atoms with Crippen LogP contribution in [-0.2, 0) is 14.3 Å². The second-order valence-electron chi connectivity index (χ2n) is 6.40. The van der Waals surface area contributed by atoms with Crippen LogP contribution in [0.3, 0.4) is 0 Å². The molecule has 0 unspecified atom stereocenters. The number of aromatic nitrogens is 1. The summed E-state index contributed by atoms with van der Waals surface area (Å²) >= 11 is 12.5. The smallest absolute Gasteiger partial charge is 0.249 e. The molecule has 1 aromatic carbocycles. The molecular weight excluding hydrogens is 415 g/mol. The average Bonchev–Trinajstić information content (AvgIpc) is 2.95. The third-order valence-corrected chi connectivity index (χ3v) is 5.01. The number of nitrogens with zero attached hydrogens (tertiary/aromatic N) is 2. The van der Waals surface area contributed by atoms with E-state index in [-0.39, 0.29) is 12.3 Å². The number of carbonyl (C=O) groups is 2. The lowest BCUT2D eigenvalue weighted by atomic mass is 10.2. The molecule has 0 aliphatic heterocycles. The fourth-order valence-electron chi connectivity index (χ4n) is 2.82. The minimum Gasteiger partial charge on any atom is -0.385 e. The van der Waals surface area contributed by atoms with Crippen molar-refractivity contribution < 1.29 is 14.3 Å². The summed E-state index contributed by atoms with van der Waals surface area (Å²) in [6, 6.07) is 7.36. The number of nitrogens with one attached hydrogen (secondary N) is 2. The van der Waals surface area contributed by atoms with Crippen LogP contribution in [0.2, 0.25) is 10.0 Å². The number of halogens is 2. The zero-order valence-corrected chi connectivity index (χ0v) is 18.1. The minimum atomic E-state index is -0.489. The average molecular weight is 439 g/mol. The van der Waals surface area contributed by atoms with Crippen LogP contribution in [0.5, 0.6) is 0 Å². The van der Waals surface area contributed by atoms with Gasteiger partial charge in [-0.15, -0.1) is 0 Å². The molecule has 2 N–H and O–H groups in total. The maximum Gasteiger partial charge on any atom is 0.249 e. The lowest BCUT2D eigenvalue weighted by Crippen LogP contribution is -2.30. The fraction of sp³-hybridized carbons (Fsp3) is 0.350. The molecule has 0 saturated carbocycles. The van der Waals surface area contributed by atoms with E-state index < -0.39 is 5.91 Å². The summed E-state index contributed by atoms with van der Waals surface area (Å²) in [5, 5.41) is 7.54. The Kier molecular flexibility index (Phi) is 8.70. The van der Waals surface area contributed by atoms with E-state index >= 15 is 0 Å². The Balaban J connectivity index is 1.99. The Labute approximate surface area is 180 Å². The number of benzene rings is 1. The minimum absolute atomic E-state index is 0.290. The van der Waals surface area contributed by atoms with Crippen LogP contribution in [0.15, 0.2) is 29.4 Å². The quantitative estimate of drug-likeness (QED) is 0.272. The van der Waals surface area contributed by atoms with Gasteiger partial charge >= 0.3 is 0 Å². The summed E-state index contributed by atoms with van der Waals surface area (Å²) in [6.45, 7) is 4.87. The maximum absolute atomic E-state index is 11.8. The highest BCUT2D eigenvalue weighted by Gasteiger charge is 2.14. The summed E-state index contributed by atoms with van der Waals surface area (Å²) in [4.78, 5) is 23.5. The number of amides is 2. The van der Waals surface area contributed by atoms with Gasteiger partial charge in [-0.2, -0.15) is 5.10 Å². The van der Waals surface area contributed by atoms with Gasteiger partial charge in [0.15, 0.2) is 0 Å². The number of hydrogen-bond donors (Lipinski definition) is 2. The first-order valence-corrected chi connectivity index (χ1v) is 9.81. The van der Waals surface area contributed by atoms with Crippen LogP contribution in [-0.4, -0.2) is 42.9 Å². The van der Waals surface area contributed by atoms with Gasteiger partial charge in [-0.25, -0.2) is 5.43 Å². The van der Waals surface area contributed by atoms with Crippen molar-refractivity contribution in [3.63, 3.8) is 0 Å². The second kappa shape index (κ2) is 11.0. The summed E-state index contributed by atoms with van der Waals surface area (Å²) in [5.41, 5.74) is 5.77. The molecule has 1 heterocycles. The Morgan fingerprint density at radius 3 is 2.72 bits per heavy atom. The molecule has 0 saturated heterocycles. The van der Waals surface area contributed by atoms with Crippen LogP contribution >= 0.6 is 23.2 Å². The first kappa shape index (κ1) is 22.9. The lowest BCUT2D eigenvalue weighted by molar-refractivity contribution is -0.129. The Hall–Kier alpha value is -2.35. The zero-order valence-electron chi connectivity index (χ0n) is 16.6. The molecule has 0 aliphatic rings. The molecule has 0 spiro atoms. The number of methoxy groups -OCH3 is 1. The summed E-state index contributed by atoms with van der Waals surface area (Å²) < 4.78 is 6.86. The van der Waals surface area contributed by atoms with E-state index in [2.05, 4.69) is 15.8 Å². The Morgan fingerprint density at radius 2 is 2.00 bits per heavy atom. The van der Waals surface area contributed by atoms with Crippen molar-refractivity contribution in [3.05, 3.63) is 51.3 Å². The second-order valence-corrected chi connectivity index (χ2v) is 7.19. The molecule has 0 radical (unpaired) electrons. The lowest BCUT2D eigenvalue weighted by Gasteiger charge is -2.12. The van der Waals surface area contributed by atoms with Gasteiger partial charge in [0.2, 0.25) is 11.8 Å². The Bertz CT molecular complexity index is 909. The molecule has 9 heteroatoms. The van der Waals surface area contributed by atoms with Crippen molar-refractivity contribution in [2.24, 2.45) is 5.10 Å². The summed E-state index contributed by atoms with van der Waals surface area (Å²) in [5.74, 6) is -0.847. The van der Waals surface area contributed by atoms with E-state index in [9.17, 15) is 9.59 Å². The van der Waals surface area contributed by atoms with Gasteiger partial charge in [-0.05, 0) is 38.5 Å². The third-order valence-electron chi connectivity index (χ3n) is 4.20. The van der Waals surface area contributed by atoms with Gasteiger partial charge in [-0.3, -0.25) is 9.59 Å². The van der Waals surface area contributed by atoms with Gasteiger partial charge in [0, 0.05) is 37.2 Å². The largest absolute Gasteiger partial charge is 0.385 e. The summed E-state index contributed by atoms with van der Waals surface area (Å²) in [6.07, 6.45) is 1.93. The van der Waals surface area contributed by atoms with Crippen LogP contribution in [0, 0.1) is 13.8 Å². The van der Waals surface area contributed by atoms with E-state index in [1.54, 1.807) is 13.2 Å². The number of hydrazone groups is 1. The number of carbonyl (C=O) groups excluding carboxylic acids is 2. The van der Waals surface area contributed by atoms with Gasteiger partial charge < -0.3 is 14.6 Å². The fourth-order valence-corrected chi connectivity index (χ4v) is 3.20. The standard InChI is InChI=1S/C20H24Cl2N4O3/c1-13-10-15(14(2)26(13)17-7-4-6-16(21)20(17)22)12-24-25-19(28)11-18(27)23-8-5-9-29-3/h4,6-7,10,12H,5,8-9,11H2,1-3H3,(H,23,27)(H,25,28)/b24-12+. The molecule has 29 heavy (non-hydrogen) atoms.